The average molecular weight is 466 g/mol. The third-order valence-corrected chi connectivity index (χ3v) is 7.06. The van der Waals surface area contributed by atoms with Crippen molar-refractivity contribution in [2.45, 2.75) is 44.6 Å². The molecule has 0 radical (unpaired) electrons. The summed E-state index contributed by atoms with van der Waals surface area (Å²) >= 11 is 1.15. The minimum absolute atomic E-state index is 0.0538. The van der Waals surface area contributed by atoms with Gasteiger partial charge >= 0.3 is 6.03 Å². The summed E-state index contributed by atoms with van der Waals surface area (Å²) in [4.78, 5) is 42.0. The third-order valence-electron chi connectivity index (χ3n) is 6.55. The Balaban J connectivity index is 1.49. The van der Waals surface area contributed by atoms with Gasteiger partial charge in [-0.25, -0.2) is 4.79 Å². The number of carbonyl (C=O) groups is 3. The molecule has 1 N–H and O–H groups in total. The lowest BCUT2D eigenvalue weighted by Gasteiger charge is -2.40. The molecule has 1 unspecified atom stereocenters. The van der Waals surface area contributed by atoms with Gasteiger partial charge in [-0.05, 0) is 62.0 Å². The van der Waals surface area contributed by atoms with Crippen LogP contribution >= 0.6 is 11.5 Å². The van der Waals surface area contributed by atoms with Gasteiger partial charge in [-0.1, -0.05) is 40.7 Å². The lowest BCUT2D eigenvalue weighted by Crippen LogP contribution is -2.56. The van der Waals surface area contributed by atoms with Crippen molar-refractivity contribution < 1.29 is 14.4 Å². The van der Waals surface area contributed by atoms with Crippen LogP contribution in [0.2, 0.25) is 0 Å². The van der Waals surface area contributed by atoms with Crippen molar-refractivity contribution in [1.82, 2.24) is 24.7 Å². The molecule has 1 atom stereocenters. The lowest BCUT2D eigenvalue weighted by atomic mass is 9.74. The van der Waals surface area contributed by atoms with Gasteiger partial charge in [-0.2, -0.15) is 0 Å². The van der Waals surface area contributed by atoms with Gasteiger partial charge in [-0.3, -0.25) is 14.5 Å². The summed E-state index contributed by atoms with van der Waals surface area (Å²) in [5, 5.41) is 8.57. The molecule has 8 nitrogen and oxygen atoms in total. The first kappa shape index (κ1) is 22.9. The van der Waals surface area contributed by atoms with Crippen molar-refractivity contribution in [3.05, 3.63) is 47.0 Å². The predicted octanol–water partition coefficient (Wildman–Crippen LogP) is 2.73. The third kappa shape index (κ3) is 4.76. The molecule has 0 aliphatic carbocycles. The molecule has 9 heteroatoms. The van der Waals surface area contributed by atoms with E-state index in [9.17, 15) is 14.4 Å². The highest BCUT2D eigenvalue weighted by molar-refractivity contribution is 7.03. The van der Waals surface area contributed by atoms with Gasteiger partial charge in [0.05, 0.1) is 6.54 Å². The number of imide groups is 1. The number of rotatable bonds is 7. The van der Waals surface area contributed by atoms with Crippen LogP contribution in [0.25, 0.3) is 0 Å². The van der Waals surface area contributed by atoms with Crippen LogP contribution in [0.3, 0.4) is 0 Å². The van der Waals surface area contributed by atoms with Crippen molar-refractivity contribution in [2.75, 3.05) is 19.6 Å². The lowest BCUT2D eigenvalue weighted by molar-refractivity contribution is -0.133. The van der Waals surface area contributed by atoms with E-state index in [4.69, 9.17) is 0 Å². The van der Waals surface area contributed by atoms with Gasteiger partial charge in [0, 0.05) is 18.5 Å². The summed E-state index contributed by atoms with van der Waals surface area (Å²) in [6.45, 7) is 2.81. The van der Waals surface area contributed by atoms with Crippen molar-refractivity contribution >= 4 is 29.4 Å². The summed E-state index contributed by atoms with van der Waals surface area (Å²) in [6, 6.07) is 9.75. The second-order valence-electron chi connectivity index (χ2n) is 8.42. The number of nitrogens with one attached hydrogen (secondary N) is 1. The van der Waals surface area contributed by atoms with Crippen molar-refractivity contribution in [2.24, 2.45) is 5.92 Å². The number of carbonyl (C=O) groups excluding carboxylic acids is 3. The molecule has 4 rings (SSSR count). The normalized spacial score (nSPS) is 21.0. The maximum absolute atomic E-state index is 13.6. The van der Waals surface area contributed by atoms with Crippen LogP contribution in [0.15, 0.2) is 35.7 Å². The minimum atomic E-state index is -0.960. The molecule has 2 saturated heterocycles. The summed E-state index contributed by atoms with van der Waals surface area (Å²) in [7, 11) is 0. The highest BCUT2D eigenvalue weighted by Gasteiger charge is 2.55. The van der Waals surface area contributed by atoms with Crippen LogP contribution in [0.5, 0.6) is 0 Å². The first-order valence-electron chi connectivity index (χ1n) is 11.2. The number of piperidine rings is 1. The number of amides is 4. The van der Waals surface area contributed by atoms with E-state index < -0.39 is 5.54 Å². The standard InChI is InChI=1S/C24H27N5O3S/c1-2-3-14-29-22(31)24(25-23(29)32,13-7-10-18-8-5-4-6-9-18)19-11-15-28(16-12-19)21(30)20-17-33-27-26-20/h4-6,8-9,17,19H,7,10-16H2,1H3,(H,25,32). The van der Waals surface area contributed by atoms with Gasteiger partial charge in [0.25, 0.3) is 11.8 Å². The van der Waals surface area contributed by atoms with Crippen LogP contribution in [-0.2, 0) is 11.2 Å². The number of nitrogens with zero attached hydrogens (tertiary/aromatic N) is 4. The second kappa shape index (κ2) is 10.1. The Kier molecular flexibility index (Phi) is 7.04. The summed E-state index contributed by atoms with van der Waals surface area (Å²) < 4.78 is 3.77. The number of hydrogen-bond acceptors (Lipinski definition) is 6. The fraction of sp³-hybridized carbons (Fsp3) is 0.458. The van der Waals surface area contributed by atoms with E-state index >= 15 is 0 Å². The van der Waals surface area contributed by atoms with E-state index in [1.165, 1.54) is 10.5 Å². The zero-order chi connectivity index (χ0) is 23.3. The molecule has 2 aromatic rings. The maximum Gasteiger partial charge on any atom is 0.325 e. The molecule has 172 valence electrons. The average Bonchev–Trinajstić information content (AvgIpc) is 3.46. The van der Waals surface area contributed by atoms with Crippen LogP contribution < -0.4 is 5.32 Å². The summed E-state index contributed by atoms with van der Waals surface area (Å²) in [6.07, 6.45) is 3.42. The Morgan fingerprint density at radius 1 is 1.24 bits per heavy atom. The topological polar surface area (TPSA) is 95.5 Å². The molecule has 33 heavy (non-hydrogen) atoms. The molecule has 2 aliphatic heterocycles. The van der Waals surface area contributed by atoms with E-state index in [0.717, 1.165) is 24.4 Å². The largest absolute Gasteiger partial charge is 0.337 e. The molecule has 1 aromatic carbocycles. The van der Waals surface area contributed by atoms with Crippen molar-refractivity contribution in [3.63, 3.8) is 0 Å². The summed E-state index contributed by atoms with van der Waals surface area (Å²) in [5.74, 6) is 5.21. The van der Waals surface area contributed by atoms with Gasteiger partial charge in [0.1, 0.15) is 5.54 Å². The first-order chi connectivity index (χ1) is 16.0. The molecule has 2 fully saturated rings. The second-order valence-corrected chi connectivity index (χ2v) is 9.03. The van der Waals surface area contributed by atoms with E-state index in [2.05, 4.69) is 38.9 Å². The number of aryl methyl sites for hydroxylation is 1. The van der Waals surface area contributed by atoms with E-state index in [-0.39, 0.29) is 30.3 Å². The minimum Gasteiger partial charge on any atom is -0.337 e. The monoisotopic (exact) mass is 465 g/mol. The molecule has 0 spiro atoms. The molecule has 2 aliphatic rings. The fourth-order valence-corrected chi connectivity index (χ4v) is 5.24. The number of hydrogen-bond donors (Lipinski definition) is 1. The zero-order valence-corrected chi connectivity index (χ0v) is 19.4. The Labute approximate surface area is 197 Å². The summed E-state index contributed by atoms with van der Waals surface area (Å²) in [5.41, 5.74) is 0.597. The quantitative estimate of drug-likeness (QED) is 0.501. The number of aromatic nitrogens is 2. The molecular weight excluding hydrogens is 438 g/mol. The Hall–Kier alpha value is -3.25. The molecule has 0 saturated carbocycles. The van der Waals surface area contributed by atoms with Crippen LogP contribution in [-0.4, -0.2) is 62.4 Å². The fourth-order valence-electron chi connectivity index (χ4n) is 4.81. The smallest absolute Gasteiger partial charge is 0.325 e. The SMILES string of the molecule is CC#CCN1C(=O)NC(CCCc2ccccc2)(C2CCN(C(=O)c3csnn3)CC2)C1=O. The Bertz CT molecular complexity index is 1050. The van der Waals surface area contributed by atoms with Crippen LogP contribution in [0, 0.1) is 17.8 Å². The Morgan fingerprint density at radius 3 is 2.67 bits per heavy atom. The van der Waals surface area contributed by atoms with Gasteiger partial charge < -0.3 is 10.2 Å². The molecule has 0 bridgehead atoms. The van der Waals surface area contributed by atoms with Crippen LogP contribution in [0.1, 0.15) is 48.7 Å². The molecule has 3 heterocycles. The van der Waals surface area contributed by atoms with Crippen LogP contribution in [0.4, 0.5) is 4.79 Å². The number of urea groups is 1. The van der Waals surface area contributed by atoms with Crippen molar-refractivity contribution in [3.8, 4) is 11.8 Å². The highest BCUT2D eigenvalue weighted by atomic mass is 32.1. The zero-order valence-electron chi connectivity index (χ0n) is 18.6. The van der Waals surface area contributed by atoms with Gasteiger partial charge in [-0.15, -0.1) is 11.0 Å². The van der Waals surface area contributed by atoms with Gasteiger partial charge in [0.15, 0.2) is 5.69 Å². The highest BCUT2D eigenvalue weighted by Crippen LogP contribution is 2.37. The number of likely N-dealkylation sites (tertiary alicyclic amines) is 1. The number of benzene rings is 1. The van der Waals surface area contributed by atoms with Gasteiger partial charge in [0.2, 0.25) is 0 Å². The van der Waals surface area contributed by atoms with E-state index in [1.807, 2.05) is 18.2 Å². The Morgan fingerprint density at radius 2 is 2.00 bits per heavy atom. The first-order valence-corrected chi connectivity index (χ1v) is 12.0. The maximum atomic E-state index is 13.6. The molecule has 1 aromatic heterocycles. The van der Waals surface area contributed by atoms with E-state index in [0.29, 0.717) is 38.0 Å². The predicted molar refractivity (Wildman–Crippen MR) is 124 cm³/mol. The molecular formula is C24H27N5O3S. The van der Waals surface area contributed by atoms with Crippen molar-refractivity contribution in [1.29, 1.82) is 0 Å². The van der Waals surface area contributed by atoms with E-state index in [1.54, 1.807) is 17.2 Å². The molecule has 4 amide bonds.